The molecule has 0 spiro atoms. The van der Waals surface area contributed by atoms with Gasteiger partial charge in [0.05, 0.1) is 12.9 Å². The van der Waals surface area contributed by atoms with Crippen molar-refractivity contribution in [3.8, 4) is 0 Å². The lowest BCUT2D eigenvalue weighted by atomic mass is 10.1. The van der Waals surface area contributed by atoms with Crippen LogP contribution in [0.25, 0.3) is 0 Å². The Morgan fingerprint density at radius 2 is 1.96 bits per heavy atom. The van der Waals surface area contributed by atoms with Crippen LogP contribution in [-0.2, 0) is 28.5 Å². The van der Waals surface area contributed by atoms with Gasteiger partial charge in [0.1, 0.15) is 18.3 Å². The molecule has 0 aromatic carbocycles. The molecule has 0 saturated carbocycles. The van der Waals surface area contributed by atoms with Crippen LogP contribution in [0.3, 0.4) is 0 Å². The fraction of sp³-hybridized carbons (Fsp3) is 0.692. The summed E-state index contributed by atoms with van der Waals surface area (Å²) in [5.41, 5.74) is -1.20. The van der Waals surface area contributed by atoms with Crippen molar-refractivity contribution in [2.45, 2.75) is 44.2 Å². The molecule has 10 nitrogen and oxygen atoms in total. The van der Waals surface area contributed by atoms with Gasteiger partial charge in [0.2, 0.25) is 0 Å². The van der Waals surface area contributed by atoms with E-state index < -0.39 is 51.7 Å². The lowest BCUT2D eigenvalue weighted by molar-refractivity contribution is -0.199. The molecule has 2 saturated heterocycles. The van der Waals surface area contributed by atoms with Crippen molar-refractivity contribution >= 4 is 10.1 Å². The lowest BCUT2D eigenvalue weighted by Gasteiger charge is -2.24. The normalized spacial score (nSPS) is 32.0. The first kappa shape index (κ1) is 17.3. The summed E-state index contributed by atoms with van der Waals surface area (Å²) in [6, 6.07) is 1.18. The minimum Gasteiger partial charge on any atom is -0.346 e. The van der Waals surface area contributed by atoms with Gasteiger partial charge in [-0.2, -0.15) is 8.42 Å². The van der Waals surface area contributed by atoms with E-state index in [1.165, 1.54) is 16.8 Å². The topological polar surface area (TPSA) is 126 Å². The third-order valence-corrected chi connectivity index (χ3v) is 4.26. The summed E-state index contributed by atoms with van der Waals surface area (Å²) in [5, 5.41) is 0. The SMILES string of the molecule is CC1(C)O[C@@H]2[C@@H](O1)[C@@H](n1ccc(=O)[nH]c1=O)O[C@@H]2COS(C)(=O)=O. The van der Waals surface area contributed by atoms with E-state index in [9.17, 15) is 18.0 Å². The summed E-state index contributed by atoms with van der Waals surface area (Å²) >= 11 is 0. The van der Waals surface area contributed by atoms with E-state index in [4.69, 9.17) is 18.4 Å². The van der Waals surface area contributed by atoms with Crippen molar-refractivity contribution in [2.75, 3.05) is 12.9 Å². The molecule has 0 radical (unpaired) electrons. The van der Waals surface area contributed by atoms with E-state index >= 15 is 0 Å². The Labute approximate surface area is 137 Å². The van der Waals surface area contributed by atoms with E-state index in [0.717, 1.165) is 6.26 Å². The fourth-order valence-corrected chi connectivity index (χ4v) is 3.22. The highest BCUT2D eigenvalue weighted by atomic mass is 32.2. The number of rotatable bonds is 4. The molecule has 24 heavy (non-hydrogen) atoms. The molecule has 2 fully saturated rings. The first-order chi connectivity index (χ1) is 11.1. The Bertz CT molecular complexity index is 842. The van der Waals surface area contributed by atoms with Gasteiger partial charge in [-0.3, -0.25) is 18.5 Å². The van der Waals surface area contributed by atoms with Crippen molar-refractivity contribution in [1.29, 1.82) is 0 Å². The van der Waals surface area contributed by atoms with Crippen LogP contribution in [0.5, 0.6) is 0 Å². The molecule has 3 rings (SSSR count). The molecule has 0 unspecified atom stereocenters. The maximum Gasteiger partial charge on any atom is 0.330 e. The maximum absolute atomic E-state index is 12.0. The zero-order valence-electron chi connectivity index (χ0n) is 13.3. The number of nitrogens with one attached hydrogen (secondary N) is 1. The molecule has 134 valence electrons. The van der Waals surface area contributed by atoms with Crippen LogP contribution < -0.4 is 11.2 Å². The quantitative estimate of drug-likeness (QED) is 0.671. The molecule has 1 aromatic rings. The Kier molecular flexibility index (Phi) is 4.16. The molecule has 1 aromatic heterocycles. The van der Waals surface area contributed by atoms with Crippen molar-refractivity contribution in [1.82, 2.24) is 9.55 Å². The van der Waals surface area contributed by atoms with Gasteiger partial charge in [0, 0.05) is 12.3 Å². The monoisotopic (exact) mass is 362 g/mol. The molecule has 2 aliphatic rings. The Balaban J connectivity index is 1.90. The van der Waals surface area contributed by atoms with Crippen molar-refractivity contribution in [3.63, 3.8) is 0 Å². The minimum atomic E-state index is -3.66. The average Bonchev–Trinajstić information content (AvgIpc) is 2.90. The Hall–Kier alpha value is -1.53. The summed E-state index contributed by atoms with van der Waals surface area (Å²) in [6.07, 6.45) is -0.691. The van der Waals surface area contributed by atoms with Gasteiger partial charge in [0.15, 0.2) is 12.0 Å². The van der Waals surface area contributed by atoms with Gasteiger partial charge >= 0.3 is 5.69 Å². The molecular formula is C13H18N2O8S. The number of hydrogen-bond acceptors (Lipinski definition) is 8. The number of aromatic nitrogens is 2. The number of ether oxygens (including phenoxy) is 3. The average molecular weight is 362 g/mol. The van der Waals surface area contributed by atoms with E-state index in [1.807, 2.05) is 0 Å². The van der Waals surface area contributed by atoms with Gasteiger partial charge in [-0.25, -0.2) is 4.79 Å². The lowest BCUT2D eigenvalue weighted by Crippen LogP contribution is -2.37. The number of aromatic amines is 1. The largest absolute Gasteiger partial charge is 0.346 e. The molecule has 1 N–H and O–H groups in total. The molecule has 11 heteroatoms. The molecular weight excluding hydrogens is 344 g/mol. The standard InChI is InChI=1S/C13H18N2O8S/c1-13(2)22-9-7(6-20-24(3,18)19)21-11(10(9)23-13)15-5-4-8(16)14-12(15)17/h4-5,7,9-11H,6H2,1-3H3,(H,14,16,17)/t7-,9+,10-,11+/m1/s1. The summed E-state index contributed by atoms with van der Waals surface area (Å²) in [7, 11) is -3.66. The van der Waals surface area contributed by atoms with Crippen LogP contribution >= 0.6 is 0 Å². The second kappa shape index (κ2) is 5.77. The highest BCUT2D eigenvalue weighted by Gasteiger charge is 2.56. The second-order valence-corrected chi connectivity index (χ2v) is 7.78. The highest BCUT2D eigenvalue weighted by Crippen LogP contribution is 2.42. The summed E-state index contributed by atoms with van der Waals surface area (Å²) in [4.78, 5) is 25.4. The third-order valence-electron chi connectivity index (χ3n) is 3.70. The molecule has 3 heterocycles. The molecule has 2 aliphatic heterocycles. The van der Waals surface area contributed by atoms with Gasteiger partial charge in [-0.1, -0.05) is 0 Å². The van der Waals surface area contributed by atoms with Gasteiger partial charge in [-0.05, 0) is 13.8 Å². The van der Waals surface area contributed by atoms with E-state index in [1.54, 1.807) is 13.8 Å². The summed E-state index contributed by atoms with van der Waals surface area (Å²) < 4.78 is 45.6. The maximum atomic E-state index is 12.0. The molecule has 0 aliphatic carbocycles. The predicted octanol–water partition coefficient (Wildman–Crippen LogP) is -1.07. The first-order valence-corrected chi connectivity index (χ1v) is 9.04. The predicted molar refractivity (Wildman–Crippen MR) is 79.9 cm³/mol. The van der Waals surface area contributed by atoms with Gasteiger partial charge in [-0.15, -0.1) is 0 Å². The number of H-pyrrole nitrogens is 1. The van der Waals surface area contributed by atoms with E-state index in [0.29, 0.717) is 0 Å². The zero-order chi connectivity index (χ0) is 17.7. The summed E-state index contributed by atoms with van der Waals surface area (Å²) in [6.45, 7) is 3.13. The summed E-state index contributed by atoms with van der Waals surface area (Å²) in [5.74, 6) is -0.924. The molecule has 4 atom stereocenters. The number of nitrogens with zero attached hydrogens (tertiary/aromatic N) is 1. The second-order valence-electron chi connectivity index (χ2n) is 6.14. The van der Waals surface area contributed by atoms with Crippen LogP contribution in [0.1, 0.15) is 20.1 Å². The molecule has 0 amide bonds. The van der Waals surface area contributed by atoms with Gasteiger partial charge in [0.25, 0.3) is 15.7 Å². The highest BCUT2D eigenvalue weighted by molar-refractivity contribution is 7.85. The van der Waals surface area contributed by atoms with Crippen molar-refractivity contribution in [2.24, 2.45) is 0 Å². The van der Waals surface area contributed by atoms with Gasteiger partial charge < -0.3 is 14.2 Å². The van der Waals surface area contributed by atoms with Crippen LogP contribution in [0, 0.1) is 0 Å². The number of fused-ring (bicyclic) bond motifs is 1. The smallest absolute Gasteiger partial charge is 0.330 e. The van der Waals surface area contributed by atoms with Crippen LogP contribution in [0.2, 0.25) is 0 Å². The van der Waals surface area contributed by atoms with Crippen molar-refractivity contribution in [3.05, 3.63) is 33.1 Å². The third kappa shape index (κ3) is 3.44. The fourth-order valence-electron chi connectivity index (χ4n) is 2.84. The van der Waals surface area contributed by atoms with E-state index in [2.05, 4.69) is 4.98 Å². The Morgan fingerprint density at radius 3 is 2.58 bits per heavy atom. The van der Waals surface area contributed by atoms with Crippen LogP contribution in [0.4, 0.5) is 0 Å². The van der Waals surface area contributed by atoms with Crippen molar-refractivity contribution < 1.29 is 26.8 Å². The Morgan fingerprint density at radius 1 is 1.29 bits per heavy atom. The number of hydrogen-bond donors (Lipinski definition) is 1. The van der Waals surface area contributed by atoms with Crippen LogP contribution in [-0.4, -0.2) is 54.9 Å². The molecule has 0 bridgehead atoms. The zero-order valence-corrected chi connectivity index (χ0v) is 14.1. The van der Waals surface area contributed by atoms with E-state index in [-0.39, 0.29) is 6.61 Å². The first-order valence-electron chi connectivity index (χ1n) is 7.23. The minimum absolute atomic E-state index is 0.270. The van der Waals surface area contributed by atoms with Crippen LogP contribution in [0.15, 0.2) is 21.9 Å².